The average molecular weight is 245 g/mol. The van der Waals surface area contributed by atoms with Crippen LogP contribution in [0, 0.1) is 20.8 Å². The van der Waals surface area contributed by atoms with E-state index < -0.39 is 0 Å². The van der Waals surface area contributed by atoms with E-state index in [0.29, 0.717) is 0 Å². The van der Waals surface area contributed by atoms with Gasteiger partial charge in [0.05, 0.1) is 11.4 Å². The van der Waals surface area contributed by atoms with E-state index in [0.717, 1.165) is 24.4 Å². The quantitative estimate of drug-likeness (QED) is 0.829. The molecule has 0 N–H and O–H groups in total. The Kier molecular flexibility index (Phi) is 5.56. The molecule has 1 aromatic carbocycles. The molecule has 1 aromatic heterocycles. The Morgan fingerprint density at radius 2 is 1.61 bits per heavy atom. The zero-order chi connectivity index (χ0) is 13.5. The maximum Gasteiger partial charge on any atom is 0.0825 e. The molecule has 3 nitrogen and oxygen atoms in total. The van der Waals surface area contributed by atoms with Gasteiger partial charge in [-0.2, -0.15) is 0 Å². The van der Waals surface area contributed by atoms with Gasteiger partial charge in [-0.05, 0) is 32.8 Å². The highest BCUT2D eigenvalue weighted by Crippen LogP contribution is 2.07. The highest BCUT2D eigenvalue weighted by molar-refractivity contribution is 5.21. The highest BCUT2D eigenvalue weighted by Gasteiger charge is 2.03. The summed E-state index contributed by atoms with van der Waals surface area (Å²) < 4.78 is 1.97. The Morgan fingerprint density at radius 1 is 1.00 bits per heavy atom. The molecule has 0 saturated heterocycles. The van der Waals surface area contributed by atoms with E-state index in [2.05, 4.69) is 48.4 Å². The molecule has 0 fully saturated rings. The molecular formula is C15H23N3. The number of aryl methyl sites for hydroxylation is 4. The minimum absolute atomic E-state index is 0.899. The maximum atomic E-state index is 4.11. The largest absolute Gasteiger partial charge is 0.249 e. The topological polar surface area (TPSA) is 30.7 Å². The highest BCUT2D eigenvalue weighted by atomic mass is 15.4. The molecule has 0 amide bonds. The molecule has 0 unspecified atom stereocenters. The lowest BCUT2D eigenvalue weighted by Crippen LogP contribution is -2.05. The molecule has 3 heteroatoms. The molecule has 0 aliphatic rings. The molecule has 98 valence electrons. The van der Waals surface area contributed by atoms with Crippen molar-refractivity contribution in [3.8, 4) is 0 Å². The maximum absolute atomic E-state index is 4.11. The minimum atomic E-state index is 0.899. The van der Waals surface area contributed by atoms with Crippen LogP contribution in [0.25, 0.3) is 0 Å². The van der Waals surface area contributed by atoms with Crippen molar-refractivity contribution in [2.75, 3.05) is 0 Å². The second-order valence-electron chi connectivity index (χ2n) is 4.22. The molecule has 0 aliphatic carbocycles. The smallest absolute Gasteiger partial charge is 0.0825 e. The Bertz CT molecular complexity index is 469. The van der Waals surface area contributed by atoms with Gasteiger partial charge in [0.25, 0.3) is 0 Å². The van der Waals surface area contributed by atoms with E-state index in [9.17, 15) is 0 Å². The van der Waals surface area contributed by atoms with Crippen LogP contribution in [0.5, 0.6) is 0 Å². The van der Waals surface area contributed by atoms with Crippen LogP contribution in [0.15, 0.2) is 24.3 Å². The van der Waals surface area contributed by atoms with Crippen molar-refractivity contribution >= 4 is 0 Å². The van der Waals surface area contributed by atoms with Gasteiger partial charge in [-0.25, -0.2) is 4.68 Å². The van der Waals surface area contributed by atoms with E-state index in [-0.39, 0.29) is 0 Å². The molecule has 0 aliphatic heterocycles. The molecular weight excluding hydrogens is 222 g/mol. The van der Waals surface area contributed by atoms with Gasteiger partial charge in [-0.1, -0.05) is 48.9 Å². The lowest BCUT2D eigenvalue weighted by atomic mass is 10.1. The van der Waals surface area contributed by atoms with Crippen LogP contribution >= 0.6 is 0 Å². The second-order valence-corrected chi connectivity index (χ2v) is 4.22. The summed E-state index contributed by atoms with van der Waals surface area (Å²) in [6, 6.07) is 8.65. The number of rotatable bonds is 3. The fraction of sp³-hybridized carbons (Fsp3) is 0.467. The van der Waals surface area contributed by atoms with Gasteiger partial charge in [0, 0.05) is 6.54 Å². The van der Waals surface area contributed by atoms with Crippen molar-refractivity contribution < 1.29 is 0 Å². The van der Waals surface area contributed by atoms with Gasteiger partial charge in [0.15, 0.2) is 0 Å². The first-order valence-electron chi connectivity index (χ1n) is 6.59. The van der Waals surface area contributed by atoms with Crippen LogP contribution in [0.3, 0.4) is 0 Å². The predicted octanol–water partition coefficient (Wildman–Crippen LogP) is 3.47. The first-order valence-corrected chi connectivity index (χ1v) is 6.59. The normalized spacial score (nSPS) is 9.83. The summed E-state index contributed by atoms with van der Waals surface area (Å²) in [5, 5.41) is 8.17. The Hall–Kier alpha value is -1.64. The molecule has 0 bridgehead atoms. The van der Waals surface area contributed by atoms with E-state index >= 15 is 0 Å². The summed E-state index contributed by atoms with van der Waals surface area (Å²) in [5.74, 6) is 0. The van der Waals surface area contributed by atoms with Crippen molar-refractivity contribution in [2.45, 2.75) is 47.6 Å². The number of hydrogen-bond acceptors (Lipinski definition) is 2. The van der Waals surface area contributed by atoms with Crippen LogP contribution < -0.4 is 0 Å². The van der Waals surface area contributed by atoms with Gasteiger partial charge < -0.3 is 0 Å². The lowest BCUT2D eigenvalue weighted by Gasteiger charge is -2.04. The van der Waals surface area contributed by atoms with Crippen LogP contribution in [0.4, 0.5) is 0 Å². The standard InChI is InChI=1S/C13H17N3.C2H6/c1-10-4-6-13(7-5-10)8-9-16-12(3)11(2)14-15-16;1-2/h4-7H,8-9H2,1-3H3;1-2H3. The molecule has 0 spiro atoms. The molecule has 0 atom stereocenters. The predicted molar refractivity (Wildman–Crippen MR) is 75.7 cm³/mol. The monoisotopic (exact) mass is 245 g/mol. The third-order valence-corrected chi connectivity index (χ3v) is 2.95. The van der Waals surface area contributed by atoms with Crippen LogP contribution in [0.1, 0.15) is 36.4 Å². The first kappa shape index (κ1) is 14.4. The SMILES string of the molecule is CC.Cc1ccc(CCn2nnc(C)c2C)cc1. The summed E-state index contributed by atoms with van der Waals surface area (Å²) in [4.78, 5) is 0. The van der Waals surface area contributed by atoms with Gasteiger partial charge >= 0.3 is 0 Å². The summed E-state index contributed by atoms with van der Waals surface area (Å²) >= 11 is 0. The van der Waals surface area contributed by atoms with Crippen molar-refractivity contribution in [2.24, 2.45) is 0 Å². The lowest BCUT2D eigenvalue weighted by molar-refractivity contribution is 0.575. The molecule has 2 aromatic rings. The molecule has 1 heterocycles. The Balaban J connectivity index is 0.000000771. The summed E-state index contributed by atoms with van der Waals surface area (Å²) in [6.07, 6.45) is 1.00. The average Bonchev–Trinajstić information content (AvgIpc) is 2.72. The second kappa shape index (κ2) is 6.94. The number of nitrogens with zero attached hydrogens (tertiary/aromatic N) is 3. The fourth-order valence-electron chi connectivity index (χ4n) is 1.65. The van der Waals surface area contributed by atoms with Crippen molar-refractivity contribution in [3.63, 3.8) is 0 Å². The van der Waals surface area contributed by atoms with Crippen molar-refractivity contribution in [1.29, 1.82) is 0 Å². The van der Waals surface area contributed by atoms with Gasteiger partial charge in [0.1, 0.15) is 0 Å². The van der Waals surface area contributed by atoms with E-state index in [1.807, 2.05) is 25.5 Å². The fourth-order valence-corrected chi connectivity index (χ4v) is 1.65. The Morgan fingerprint density at radius 3 is 2.11 bits per heavy atom. The van der Waals surface area contributed by atoms with E-state index in [1.54, 1.807) is 0 Å². The first-order chi connectivity index (χ1) is 8.66. The number of hydrogen-bond donors (Lipinski definition) is 0. The molecule has 0 saturated carbocycles. The van der Waals surface area contributed by atoms with Gasteiger partial charge in [-0.3, -0.25) is 0 Å². The van der Waals surface area contributed by atoms with Gasteiger partial charge in [0.2, 0.25) is 0 Å². The molecule has 2 rings (SSSR count). The van der Waals surface area contributed by atoms with Crippen LogP contribution in [-0.4, -0.2) is 15.0 Å². The van der Waals surface area contributed by atoms with E-state index in [1.165, 1.54) is 11.1 Å². The zero-order valence-electron chi connectivity index (χ0n) is 12.1. The third kappa shape index (κ3) is 3.69. The third-order valence-electron chi connectivity index (χ3n) is 2.95. The number of benzene rings is 1. The minimum Gasteiger partial charge on any atom is -0.249 e. The Labute approximate surface area is 110 Å². The van der Waals surface area contributed by atoms with E-state index in [4.69, 9.17) is 0 Å². The summed E-state index contributed by atoms with van der Waals surface area (Å²) in [7, 11) is 0. The van der Waals surface area contributed by atoms with Crippen LogP contribution in [0.2, 0.25) is 0 Å². The van der Waals surface area contributed by atoms with Crippen molar-refractivity contribution in [1.82, 2.24) is 15.0 Å². The van der Waals surface area contributed by atoms with Crippen molar-refractivity contribution in [3.05, 3.63) is 46.8 Å². The zero-order valence-corrected chi connectivity index (χ0v) is 12.1. The molecule has 0 radical (unpaired) electrons. The molecule has 18 heavy (non-hydrogen) atoms. The van der Waals surface area contributed by atoms with Gasteiger partial charge in [-0.15, -0.1) is 5.10 Å². The number of aromatic nitrogens is 3. The van der Waals surface area contributed by atoms with Crippen LogP contribution in [-0.2, 0) is 13.0 Å². The summed E-state index contributed by atoms with van der Waals surface area (Å²) in [6.45, 7) is 11.1. The summed E-state index contributed by atoms with van der Waals surface area (Å²) in [5.41, 5.74) is 4.82.